The summed E-state index contributed by atoms with van der Waals surface area (Å²) in [6, 6.07) is 9.29. The van der Waals surface area contributed by atoms with Crippen molar-refractivity contribution < 1.29 is 22.9 Å². The van der Waals surface area contributed by atoms with Gasteiger partial charge in [-0.3, -0.25) is 19.7 Å². The molecule has 2 aromatic rings. The third-order valence-electron chi connectivity index (χ3n) is 3.61. The summed E-state index contributed by atoms with van der Waals surface area (Å²) in [4.78, 5) is 35.6. The normalized spacial score (nSPS) is 11.0. The molecule has 0 spiro atoms. The Hall–Kier alpha value is -2.98. The average Bonchev–Trinajstić information content (AvgIpc) is 2.59. The number of nitrogens with zero attached hydrogens (tertiary/aromatic N) is 2. The molecule has 0 aliphatic rings. The van der Waals surface area contributed by atoms with Crippen LogP contribution in [0.5, 0.6) is 0 Å². The Labute approximate surface area is 166 Å². The Balaban J connectivity index is 2.21. The van der Waals surface area contributed by atoms with Crippen molar-refractivity contribution in [2.45, 2.75) is 4.90 Å². The van der Waals surface area contributed by atoms with Crippen LogP contribution in [0, 0.1) is 10.1 Å². The molecule has 9 nitrogen and oxygen atoms in total. The molecule has 11 heteroatoms. The van der Waals surface area contributed by atoms with Gasteiger partial charge in [-0.2, -0.15) is 0 Å². The molecule has 2 amide bonds. The van der Waals surface area contributed by atoms with E-state index in [1.807, 2.05) is 0 Å². The number of rotatable bonds is 6. The van der Waals surface area contributed by atoms with Crippen LogP contribution in [-0.4, -0.2) is 49.9 Å². The lowest BCUT2D eigenvalue weighted by atomic mass is 10.1. The van der Waals surface area contributed by atoms with Crippen molar-refractivity contribution in [1.82, 2.24) is 4.90 Å². The van der Waals surface area contributed by atoms with Crippen LogP contribution in [0.1, 0.15) is 10.4 Å². The summed E-state index contributed by atoms with van der Waals surface area (Å²) in [5.41, 5.74) is -0.316. The number of nitro groups is 1. The van der Waals surface area contributed by atoms with E-state index in [-0.39, 0.29) is 17.0 Å². The van der Waals surface area contributed by atoms with Crippen molar-refractivity contribution in [3.63, 3.8) is 0 Å². The molecule has 0 atom stereocenters. The highest BCUT2D eigenvalue weighted by Gasteiger charge is 2.22. The zero-order chi connectivity index (χ0) is 21.1. The van der Waals surface area contributed by atoms with Crippen molar-refractivity contribution in [2.75, 3.05) is 25.2 Å². The molecule has 0 radical (unpaired) electrons. The zero-order valence-electron chi connectivity index (χ0n) is 14.9. The molecule has 0 fully saturated rings. The van der Waals surface area contributed by atoms with Gasteiger partial charge in [-0.05, 0) is 24.3 Å². The minimum atomic E-state index is -3.78. The SMILES string of the molecule is CN(CC(=O)Nc1cccc(Cl)c1)C(=O)c1cc([N+](=O)[O-])cc(S(C)(=O)=O)c1. The first-order valence-corrected chi connectivity index (χ1v) is 10.0. The monoisotopic (exact) mass is 425 g/mol. The van der Waals surface area contributed by atoms with Crippen LogP contribution in [0.15, 0.2) is 47.4 Å². The van der Waals surface area contributed by atoms with Crippen molar-refractivity contribution in [2.24, 2.45) is 0 Å². The van der Waals surface area contributed by atoms with E-state index in [0.29, 0.717) is 10.7 Å². The predicted molar refractivity (Wildman–Crippen MR) is 103 cm³/mol. The van der Waals surface area contributed by atoms with Gasteiger partial charge in [0.2, 0.25) is 5.91 Å². The van der Waals surface area contributed by atoms with Crippen LogP contribution in [0.3, 0.4) is 0 Å². The van der Waals surface area contributed by atoms with E-state index in [0.717, 1.165) is 29.4 Å². The third kappa shape index (κ3) is 5.51. The number of amides is 2. The van der Waals surface area contributed by atoms with Gasteiger partial charge in [-0.25, -0.2) is 8.42 Å². The van der Waals surface area contributed by atoms with E-state index >= 15 is 0 Å². The zero-order valence-corrected chi connectivity index (χ0v) is 16.5. The molecule has 0 aromatic heterocycles. The number of carbonyl (C=O) groups is 2. The van der Waals surface area contributed by atoms with Gasteiger partial charge in [0.05, 0.1) is 16.4 Å². The molecule has 2 aromatic carbocycles. The summed E-state index contributed by atoms with van der Waals surface area (Å²) in [5.74, 6) is -1.26. The van der Waals surface area contributed by atoms with E-state index < -0.39 is 32.3 Å². The molecule has 1 N–H and O–H groups in total. The van der Waals surface area contributed by atoms with E-state index in [2.05, 4.69) is 5.32 Å². The van der Waals surface area contributed by atoms with E-state index in [1.54, 1.807) is 18.2 Å². The molecule has 0 aliphatic carbocycles. The number of anilines is 1. The summed E-state index contributed by atoms with van der Waals surface area (Å²) in [6.07, 6.45) is 0.877. The maximum absolute atomic E-state index is 12.5. The van der Waals surface area contributed by atoms with Crippen LogP contribution < -0.4 is 5.32 Å². The maximum atomic E-state index is 12.5. The number of sulfone groups is 1. The van der Waals surface area contributed by atoms with Crippen molar-refractivity contribution in [1.29, 1.82) is 0 Å². The van der Waals surface area contributed by atoms with Gasteiger partial charge < -0.3 is 10.2 Å². The lowest BCUT2D eigenvalue weighted by molar-refractivity contribution is -0.385. The smallest absolute Gasteiger partial charge is 0.271 e. The van der Waals surface area contributed by atoms with Gasteiger partial charge >= 0.3 is 0 Å². The lowest BCUT2D eigenvalue weighted by Crippen LogP contribution is -2.35. The van der Waals surface area contributed by atoms with Gasteiger partial charge in [0.25, 0.3) is 11.6 Å². The molecule has 0 aliphatic heterocycles. The van der Waals surface area contributed by atoms with E-state index in [9.17, 15) is 28.1 Å². The number of nitro benzene ring substituents is 1. The second-order valence-electron chi connectivity index (χ2n) is 5.96. The number of nitrogens with one attached hydrogen (secondary N) is 1. The number of carbonyl (C=O) groups excluding carboxylic acids is 2. The summed E-state index contributed by atoms with van der Waals surface area (Å²) < 4.78 is 23.5. The first-order chi connectivity index (χ1) is 13.0. The lowest BCUT2D eigenvalue weighted by Gasteiger charge is -2.17. The number of likely N-dealkylation sites (N-methyl/N-ethyl adjacent to an activating group) is 1. The Morgan fingerprint density at radius 2 is 1.89 bits per heavy atom. The Morgan fingerprint density at radius 3 is 2.46 bits per heavy atom. The highest BCUT2D eigenvalue weighted by atomic mass is 35.5. The molecular weight excluding hydrogens is 410 g/mol. The van der Waals surface area contributed by atoms with Crippen LogP contribution in [0.25, 0.3) is 0 Å². The number of benzene rings is 2. The molecule has 148 valence electrons. The second kappa shape index (κ2) is 8.36. The van der Waals surface area contributed by atoms with Gasteiger partial charge in [-0.15, -0.1) is 0 Å². The van der Waals surface area contributed by atoms with E-state index in [4.69, 9.17) is 11.6 Å². The molecule has 28 heavy (non-hydrogen) atoms. The minimum Gasteiger partial charge on any atom is -0.332 e. The topological polar surface area (TPSA) is 127 Å². The summed E-state index contributed by atoms with van der Waals surface area (Å²) in [5, 5.41) is 14.0. The molecule has 0 saturated heterocycles. The minimum absolute atomic E-state index is 0.215. The average molecular weight is 426 g/mol. The van der Waals surface area contributed by atoms with Crippen LogP contribution in [0.4, 0.5) is 11.4 Å². The Bertz CT molecular complexity index is 1050. The predicted octanol–water partition coefficient (Wildman–Crippen LogP) is 2.36. The van der Waals surface area contributed by atoms with Gasteiger partial charge in [-0.1, -0.05) is 17.7 Å². The number of hydrogen-bond donors (Lipinski definition) is 1. The molecular formula is C17H16ClN3O6S. The van der Waals surface area contributed by atoms with Gasteiger partial charge in [0, 0.05) is 41.7 Å². The van der Waals surface area contributed by atoms with Crippen LogP contribution in [-0.2, 0) is 14.6 Å². The molecule has 0 saturated carbocycles. The first kappa shape index (κ1) is 21.3. The fourth-order valence-corrected chi connectivity index (χ4v) is 3.17. The third-order valence-corrected chi connectivity index (χ3v) is 4.94. The summed E-state index contributed by atoms with van der Waals surface area (Å²) >= 11 is 5.84. The van der Waals surface area contributed by atoms with Gasteiger partial charge in [0.1, 0.15) is 0 Å². The van der Waals surface area contributed by atoms with Crippen molar-refractivity contribution in [3.8, 4) is 0 Å². The Morgan fingerprint density at radius 1 is 1.21 bits per heavy atom. The molecule has 0 heterocycles. The summed E-state index contributed by atoms with van der Waals surface area (Å²) in [6.45, 7) is -0.359. The highest BCUT2D eigenvalue weighted by Crippen LogP contribution is 2.22. The first-order valence-electron chi connectivity index (χ1n) is 7.78. The fourth-order valence-electron chi connectivity index (χ4n) is 2.30. The summed E-state index contributed by atoms with van der Waals surface area (Å²) in [7, 11) is -2.46. The van der Waals surface area contributed by atoms with Crippen molar-refractivity contribution >= 4 is 44.6 Å². The van der Waals surface area contributed by atoms with Gasteiger partial charge in [0.15, 0.2) is 9.84 Å². The van der Waals surface area contributed by atoms with Crippen LogP contribution >= 0.6 is 11.6 Å². The van der Waals surface area contributed by atoms with E-state index in [1.165, 1.54) is 13.1 Å². The molecule has 2 rings (SSSR count). The largest absolute Gasteiger partial charge is 0.332 e. The fraction of sp³-hybridized carbons (Fsp3) is 0.176. The second-order valence-corrected chi connectivity index (χ2v) is 8.42. The maximum Gasteiger partial charge on any atom is 0.271 e. The highest BCUT2D eigenvalue weighted by molar-refractivity contribution is 7.90. The molecule has 0 bridgehead atoms. The molecule has 0 unspecified atom stereocenters. The number of non-ortho nitro benzene ring substituents is 1. The number of halogens is 1. The number of hydrogen-bond acceptors (Lipinski definition) is 6. The Kier molecular flexibility index (Phi) is 6.37. The van der Waals surface area contributed by atoms with Crippen molar-refractivity contribution in [3.05, 3.63) is 63.2 Å². The van der Waals surface area contributed by atoms with Crippen LogP contribution in [0.2, 0.25) is 5.02 Å². The standard InChI is InChI=1S/C17H16ClN3O6S/c1-20(10-16(22)19-13-5-3-4-12(18)8-13)17(23)11-6-14(21(24)25)9-15(7-11)28(2,26)27/h3-9H,10H2,1-2H3,(H,19,22). The quantitative estimate of drug-likeness (QED) is 0.559.